The summed E-state index contributed by atoms with van der Waals surface area (Å²) in [6.07, 6.45) is 0.429. The third-order valence-corrected chi connectivity index (χ3v) is 2.29. The summed E-state index contributed by atoms with van der Waals surface area (Å²) < 4.78 is 0. The number of rotatable bonds is 1. The summed E-state index contributed by atoms with van der Waals surface area (Å²) >= 11 is 0. The van der Waals surface area contributed by atoms with Crippen molar-refractivity contribution in [1.82, 2.24) is 5.32 Å². The molecule has 0 aromatic heterocycles. The Hall–Kier alpha value is -2.05. The van der Waals surface area contributed by atoms with E-state index in [1.54, 1.807) is 0 Å². The second-order valence-corrected chi connectivity index (χ2v) is 3.51. The number of aliphatic imine (C=N–C) groups is 3. The van der Waals surface area contributed by atoms with Crippen LogP contribution in [0.5, 0.6) is 0 Å². The average Bonchev–Trinajstić information content (AvgIpc) is 2.39. The van der Waals surface area contributed by atoms with E-state index in [0.717, 1.165) is 0 Å². The molecule has 1 unspecified atom stereocenters. The number of hydrogen-bond acceptors (Lipinski definition) is 6. The van der Waals surface area contributed by atoms with Crippen LogP contribution in [0.4, 0.5) is 0 Å². The van der Waals surface area contributed by atoms with Gasteiger partial charge in [-0.1, -0.05) is 0 Å². The fraction of sp³-hybridized carbons (Fsp3) is 0.444. The molecule has 0 saturated heterocycles. The van der Waals surface area contributed by atoms with Crippen LogP contribution in [-0.4, -0.2) is 41.8 Å². The van der Waals surface area contributed by atoms with Crippen LogP contribution in [0, 0.1) is 0 Å². The molecule has 0 aromatic rings. The van der Waals surface area contributed by atoms with E-state index in [9.17, 15) is 9.59 Å². The second-order valence-electron chi connectivity index (χ2n) is 3.51. The van der Waals surface area contributed by atoms with E-state index in [-0.39, 0.29) is 17.6 Å². The molecule has 2 aliphatic rings. The Morgan fingerprint density at radius 2 is 2.31 bits per heavy atom. The van der Waals surface area contributed by atoms with E-state index in [1.165, 1.54) is 6.92 Å². The Labute approximate surface area is 91.5 Å². The molecule has 0 radical (unpaired) electrons. The summed E-state index contributed by atoms with van der Waals surface area (Å²) in [5.41, 5.74) is 5.77. The lowest BCUT2D eigenvalue weighted by Gasteiger charge is -2.17. The summed E-state index contributed by atoms with van der Waals surface area (Å²) in [5, 5.41) is 2.36. The molecule has 3 N–H and O–H groups in total. The van der Waals surface area contributed by atoms with Crippen LogP contribution in [0.25, 0.3) is 0 Å². The zero-order valence-electron chi connectivity index (χ0n) is 8.73. The van der Waals surface area contributed by atoms with Crippen molar-refractivity contribution < 1.29 is 9.59 Å². The van der Waals surface area contributed by atoms with Crippen molar-refractivity contribution in [3.05, 3.63) is 0 Å². The zero-order valence-corrected chi connectivity index (χ0v) is 8.73. The first-order valence-corrected chi connectivity index (χ1v) is 4.85. The lowest BCUT2D eigenvalue weighted by molar-refractivity contribution is -0.119. The molecule has 0 aromatic carbocycles. The van der Waals surface area contributed by atoms with E-state index in [4.69, 9.17) is 5.73 Å². The van der Waals surface area contributed by atoms with Crippen molar-refractivity contribution in [1.29, 1.82) is 0 Å². The number of nitrogens with two attached hydrogens (primary N) is 1. The number of nitrogens with zero attached hydrogens (tertiary/aromatic N) is 3. The van der Waals surface area contributed by atoms with Gasteiger partial charge >= 0.3 is 0 Å². The van der Waals surface area contributed by atoms with Crippen molar-refractivity contribution in [3.8, 4) is 0 Å². The lowest BCUT2D eigenvalue weighted by atomic mass is 10.2. The molecule has 2 heterocycles. The summed E-state index contributed by atoms with van der Waals surface area (Å²) in [4.78, 5) is 34.9. The molecule has 0 aliphatic carbocycles. The van der Waals surface area contributed by atoms with Gasteiger partial charge in [-0.2, -0.15) is 4.99 Å². The van der Waals surface area contributed by atoms with E-state index < -0.39 is 11.9 Å². The van der Waals surface area contributed by atoms with Crippen LogP contribution in [0.2, 0.25) is 0 Å². The number of amidine groups is 1. The quantitative estimate of drug-likeness (QED) is 0.570. The molecule has 0 fully saturated rings. The van der Waals surface area contributed by atoms with E-state index in [0.29, 0.717) is 18.7 Å². The monoisotopic (exact) mass is 221 g/mol. The van der Waals surface area contributed by atoms with Gasteiger partial charge in [-0.25, -0.2) is 0 Å². The third kappa shape index (κ3) is 1.83. The van der Waals surface area contributed by atoms with Gasteiger partial charge in [-0.15, -0.1) is 0 Å². The molecule has 1 atom stereocenters. The highest BCUT2D eigenvalue weighted by atomic mass is 16.2. The van der Waals surface area contributed by atoms with E-state index in [1.807, 2.05) is 0 Å². The molecule has 16 heavy (non-hydrogen) atoms. The highest BCUT2D eigenvalue weighted by molar-refractivity contribution is 6.40. The summed E-state index contributed by atoms with van der Waals surface area (Å²) in [5.74, 6) is -0.252. The molecular weight excluding hydrogens is 210 g/mol. The predicted octanol–water partition coefficient (Wildman–Crippen LogP) is -1.37. The molecular formula is C9H11N5O2. The molecule has 0 spiro atoms. The first-order valence-electron chi connectivity index (χ1n) is 4.85. The lowest BCUT2D eigenvalue weighted by Crippen LogP contribution is -2.50. The summed E-state index contributed by atoms with van der Waals surface area (Å²) in [6.45, 7) is 1.82. The van der Waals surface area contributed by atoms with Gasteiger partial charge < -0.3 is 5.73 Å². The molecule has 0 bridgehead atoms. The van der Waals surface area contributed by atoms with Crippen molar-refractivity contribution in [2.45, 2.75) is 19.4 Å². The van der Waals surface area contributed by atoms with Gasteiger partial charge in [-0.05, 0) is 0 Å². The normalized spacial score (nSPS) is 24.4. The molecule has 2 aliphatic heterocycles. The highest BCUT2D eigenvalue weighted by Crippen LogP contribution is 2.09. The summed E-state index contributed by atoms with van der Waals surface area (Å²) in [7, 11) is 0. The second kappa shape index (κ2) is 3.84. The number of nitrogens with one attached hydrogen (secondary N) is 1. The number of fused-ring (bicyclic) bond motifs is 1. The average molecular weight is 221 g/mol. The minimum absolute atomic E-state index is 0.0153. The van der Waals surface area contributed by atoms with Crippen molar-refractivity contribution >= 4 is 29.2 Å². The van der Waals surface area contributed by atoms with Crippen LogP contribution >= 0.6 is 0 Å². The predicted molar refractivity (Wildman–Crippen MR) is 58.6 cm³/mol. The smallest absolute Gasteiger partial charge is 0.259 e. The Balaban J connectivity index is 2.40. The molecule has 7 heteroatoms. The fourth-order valence-corrected chi connectivity index (χ4v) is 1.53. The number of amides is 1. The number of hydrogen-bond donors (Lipinski definition) is 2. The van der Waals surface area contributed by atoms with Gasteiger partial charge in [0.1, 0.15) is 0 Å². The molecule has 7 nitrogen and oxygen atoms in total. The van der Waals surface area contributed by atoms with Crippen LogP contribution in [0.3, 0.4) is 0 Å². The van der Waals surface area contributed by atoms with Crippen molar-refractivity contribution in [3.63, 3.8) is 0 Å². The zero-order chi connectivity index (χ0) is 11.7. The van der Waals surface area contributed by atoms with Gasteiger partial charge in [0.25, 0.3) is 5.91 Å². The van der Waals surface area contributed by atoms with Gasteiger partial charge in [0.2, 0.25) is 5.96 Å². The first-order chi connectivity index (χ1) is 7.58. The molecule has 0 saturated carbocycles. The Kier molecular flexibility index (Phi) is 2.51. The largest absolute Gasteiger partial charge is 0.369 e. The van der Waals surface area contributed by atoms with E-state index in [2.05, 4.69) is 20.3 Å². The highest BCUT2D eigenvalue weighted by Gasteiger charge is 2.31. The number of ketones is 1. The van der Waals surface area contributed by atoms with Crippen LogP contribution in [0.15, 0.2) is 15.0 Å². The molecule has 2 rings (SSSR count). The third-order valence-electron chi connectivity index (χ3n) is 2.29. The fourth-order valence-electron chi connectivity index (χ4n) is 1.53. The Morgan fingerprint density at radius 1 is 1.56 bits per heavy atom. The molecule has 1 amide bonds. The van der Waals surface area contributed by atoms with Crippen molar-refractivity contribution in [2.24, 2.45) is 20.7 Å². The number of carbonyl (C=O) groups is 2. The minimum atomic E-state index is -0.839. The van der Waals surface area contributed by atoms with Gasteiger partial charge in [-0.3, -0.25) is 24.9 Å². The maximum atomic E-state index is 11.6. The topological polar surface area (TPSA) is 109 Å². The van der Waals surface area contributed by atoms with Gasteiger partial charge in [0, 0.05) is 19.9 Å². The Morgan fingerprint density at radius 3 is 3.00 bits per heavy atom. The van der Waals surface area contributed by atoms with Crippen LogP contribution < -0.4 is 11.1 Å². The number of Topliss-reactive ketones (excluding diaryl/α,β-unsaturated/α-hetero) is 1. The number of guanidine groups is 1. The van der Waals surface area contributed by atoms with Crippen LogP contribution in [0.1, 0.15) is 13.3 Å². The van der Waals surface area contributed by atoms with Gasteiger partial charge in [0.15, 0.2) is 17.7 Å². The Bertz CT molecular complexity index is 449. The van der Waals surface area contributed by atoms with Crippen LogP contribution in [-0.2, 0) is 9.59 Å². The summed E-state index contributed by atoms with van der Waals surface area (Å²) in [6, 6.07) is -0.839. The van der Waals surface area contributed by atoms with Gasteiger partial charge in [0.05, 0.1) is 5.71 Å². The maximum absolute atomic E-state index is 11.6. The first kappa shape index (κ1) is 10.5. The molecule has 84 valence electrons. The SMILES string of the molecule is CC(=O)C1=NC2C(=O)NC(N)=NC2=NCC1. The number of carbonyl (C=O) groups excluding carboxylic acids is 2. The minimum Gasteiger partial charge on any atom is -0.369 e. The van der Waals surface area contributed by atoms with Crippen molar-refractivity contribution in [2.75, 3.05) is 6.54 Å². The standard InChI is InChI=1S/C9H11N5O2/c1-4(15)5-2-3-11-7-6(12-5)8(16)14-9(10)13-7/h6H,2-3H2,1H3,(H3,10,11,13,14,16). The maximum Gasteiger partial charge on any atom is 0.259 e. The van der Waals surface area contributed by atoms with E-state index >= 15 is 0 Å².